The predicted molar refractivity (Wildman–Crippen MR) is 69.6 cm³/mol. The number of methoxy groups -OCH3 is 1. The van der Waals surface area contributed by atoms with E-state index in [1.165, 1.54) is 0 Å². The fourth-order valence-corrected chi connectivity index (χ4v) is 2.10. The highest BCUT2D eigenvalue weighted by Crippen LogP contribution is 2.28. The predicted octanol–water partition coefficient (Wildman–Crippen LogP) is -1.33. The van der Waals surface area contributed by atoms with Gasteiger partial charge < -0.3 is 28.8 Å². The van der Waals surface area contributed by atoms with Gasteiger partial charge in [-0.25, -0.2) is 4.79 Å². The van der Waals surface area contributed by atoms with Crippen LogP contribution < -0.4 is 0 Å². The van der Waals surface area contributed by atoms with Gasteiger partial charge >= 0.3 is 23.9 Å². The molecule has 0 bridgehead atoms. The van der Waals surface area contributed by atoms with Crippen molar-refractivity contribution in [1.29, 1.82) is 0 Å². The van der Waals surface area contributed by atoms with Crippen molar-refractivity contribution in [2.75, 3.05) is 7.11 Å². The first-order chi connectivity index (χ1) is 10.7. The fraction of sp³-hybridized carbons (Fsp3) is 0.692. The first-order valence-corrected chi connectivity index (χ1v) is 6.60. The van der Waals surface area contributed by atoms with Gasteiger partial charge in [0.2, 0.25) is 0 Å². The molecule has 0 aliphatic carbocycles. The summed E-state index contributed by atoms with van der Waals surface area (Å²) in [6.07, 6.45) is -7.75. The zero-order valence-corrected chi connectivity index (χ0v) is 13.0. The number of hydrogen-bond donors (Lipinski definition) is 1. The second kappa shape index (κ2) is 7.88. The highest BCUT2D eigenvalue weighted by molar-refractivity contribution is 5.77. The molecule has 0 amide bonds. The molecule has 0 spiro atoms. The Bertz CT molecular complexity index is 487. The first kappa shape index (κ1) is 18.8. The summed E-state index contributed by atoms with van der Waals surface area (Å²) in [5.41, 5.74) is 0. The minimum Gasteiger partial charge on any atom is -0.467 e. The van der Waals surface area contributed by atoms with E-state index in [-0.39, 0.29) is 0 Å². The van der Waals surface area contributed by atoms with E-state index in [0.717, 1.165) is 27.9 Å². The number of rotatable bonds is 4. The van der Waals surface area contributed by atoms with Crippen LogP contribution in [-0.4, -0.2) is 66.8 Å². The minimum absolute atomic E-state index is 0.798. The van der Waals surface area contributed by atoms with Gasteiger partial charge in [-0.1, -0.05) is 0 Å². The molecule has 1 saturated heterocycles. The summed E-state index contributed by atoms with van der Waals surface area (Å²) in [4.78, 5) is 45.5. The number of carbonyl (C=O) groups is 4. The monoisotopic (exact) mass is 334 g/mol. The smallest absolute Gasteiger partial charge is 0.339 e. The summed E-state index contributed by atoms with van der Waals surface area (Å²) in [5, 5.41) is 9.93. The Hall–Kier alpha value is -2.20. The number of aliphatic hydroxyl groups excluding tert-OH is 1. The molecule has 0 aromatic heterocycles. The van der Waals surface area contributed by atoms with Gasteiger partial charge in [0, 0.05) is 20.8 Å². The molecule has 1 N–H and O–H groups in total. The Balaban J connectivity index is 3.21. The molecule has 0 aromatic rings. The molecular formula is C13H18O10. The van der Waals surface area contributed by atoms with Crippen molar-refractivity contribution >= 4 is 23.9 Å². The zero-order valence-electron chi connectivity index (χ0n) is 13.0. The minimum atomic E-state index is -1.79. The number of esters is 4. The van der Waals surface area contributed by atoms with Gasteiger partial charge in [0.1, 0.15) is 0 Å². The Morgan fingerprint density at radius 2 is 1.26 bits per heavy atom. The summed E-state index contributed by atoms with van der Waals surface area (Å²) >= 11 is 0. The average Bonchev–Trinajstić information content (AvgIpc) is 2.43. The molecule has 1 rings (SSSR count). The van der Waals surface area contributed by atoms with Crippen LogP contribution in [0.15, 0.2) is 0 Å². The lowest BCUT2D eigenvalue weighted by Crippen LogP contribution is -2.63. The van der Waals surface area contributed by atoms with E-state index in [1.54, 1.807) is 0 Å². The maximum absolute atomic E-state index is 11.8. The van der Waals surface area contributed by atoms with Gasteiger partial charge in [-0.3, -0.25) is 14.4 Å². The summed E-state index contributed by atoms with van der Waals surface area (Å²) in [7, 11) is 1.06. The zero-order chi connectivity index (χ0) is 17.7. The van der Waals surface area contributed by atoms with Crippen LogP contribution in [-0.2, 0) is 42.9 Å². The molecule has 10 nitrogen and oxygen atoms in total. The van der Waals surface area contributed by atoms with Crippen LogP contribution in [0.2, 0.25) is 0 Å². The molecule has 3 unspecified atom stereocenters. The quantitative estimate of drug-likeness (QED) is 0.486. The largest absolute Gasteiger partial charge is 0.467 e. The van der Waals surface area contributed by atoms with Crippen LogP contribution in [0.4, 0.5) is 0 Å². The van der Waals surface area contributed by atoms with Crippen LogP contribution in [0, 0.1) is 0 Å². The lowest BCUT2D eigenvalue weighted by molar-refractivity contribution is -0.289. The molecule has 1 fully saturated rings. The lowest BCUT2D eigenvalue weighted by atomic mass is 9.98. The molecule has 1 aliphatic rings. The maximum Gasteiger partial charge on any atom is 0.339 e. The van der Waals surface area contributed by atoms with E-state index in [2.05, 4.69) is 4.74 Å². The second-order valence-electron chi connectivity index (χ2n) is 4.69. The van der Waals surface area contributed by atoms with E-state index in [9.17, 15) is 24.3 Å². The Morgan fingerprint density at radius 3 is 1.70 bits per heavy atom. The summed E-state index contributed by atoms with van der Waals surface area (Å²) in [6, 6.07) is 0. The van der Waals surface area contributed by atoms with Gasteiger partial charge in [-0.05, 0) is 0 Å². The van der Waals surface area contributed by atoms with E-state index in [1.807, 2.05) is 0 Å². The van der Waals surface area contributed by atoms with Crippen LogP contribution in [0.25, 0.3) is 0 Å². The Kier molecular flexibility index (Phi) is 6.46. The molecule has 5 atom stereocenters. The molecule has 23 heavy (non-hydrogen) atoms. The van der Waals surface area contributed by atoms with Gasteiger partial charge in [0.05, 0.1) is 7.11 Å². The average molecular weight is 334 g/mol. The third kappa shape index (κ3) is 4.89. The van der Waals surface area contributed by atoms with Crippen molar-refractivity contribution in [3.05, 3.63) is 0 Å². The fourth-order valence-electron chi connectivity index (χ4n) is 2.10. The Labute approximate surface area is 131 Å². The SMILES string of the molecule is COC(=O)C1O[C@@H](O)C(OC(C)=O)C(OC(C)=O)[C@@H]1OC(C)=O. The Morgan fingerprint density at radius 1 is 0.826 bits per heavy atom. The molecule has 1 heterocycles. The molecule has 0 aromatic carbocycles. The summed E-state index contributed by atoms with van der Waals surface area (Å²) in [5.74, 6) is -3.37. The van der Waals surface area contributed by atoms with Gasteiger partial charge in [0.15, 0.2) is 30.7 Å². The van der Waals surface area contributed by atoms with E-state index in [4.69, 9.17) is 18.9 Å². The first-order valence-electron chi connectivity index (χ1n) is 6.60. The van der Waals surface area contributed by atoms with Crippen molar-refractivity contribution in [3.63, 3.8) is 0 Å². The summed E-state index contributed by atoms with van der Waals surface area (Å²) in [6.45, 7) is 3.18. The standard InChI is InChI=1S/C13H18O10/c1-5(14)20-8-9(21-6(2)15)11(22-7(3)16)13(18)23-10(8)12(17)19-4/h8-11,13,18H,1-4H3/t8-,9?,10?,11?,13+/m0/s1. The third-order valence-corrected chi connectivity index (χ3v) is 2.85. The van der Waals surface area contributed by atoms with Gasteiger partial charge in [0.25, 0.3) is 0 Å². The molecule has 10 heteroatoms. The summed E-state index contributed by atoms with van der Waals surface area (Å²) < 4.78 is 24.3. The van der Waals surface area contributed by atoms with Crippen LogP contribution in [0.3, 0.4) is 0 Å². The molecule has 0 radical (unpaired) electrons. The molecular weight excluding hydrogens is 316 g/mol. The van der Waals surface area contributed by atoms with Crippen molar-refractivity contribution in [3.8, 4) is 0 Å². The molecule has 130 valence electrons. The van der Waals surface area contributed by atoms with Crippen LogP contribution in [0.5, 0.6) is 0 Å². The highest BCUT2D eigenvalue weighted by atomic mass is 16.7. The van der Waals surface area contributed by atoms with Crippen molar-refractivity contribution in [1.82, 2.24) is 0 Å². The highest BCUT2D eigenvalue weighted by Gasteiger charge is 2.54. The number of aliphatic hydroxyl groups is 1. The van der Waals surface area contributed by atoms with Crippen LogP contribution >= 0.6 is 0 Å². The number of ether oxygens (including phenoxy) is 5. The maximum atomic E-state index is 11.8. The van der Waals surface area contributed by atoms with Crippen molar-refractivity contribution < 1.29 is 48.0 Å². The molecule has 0 saturated carbocycles. The number of hydrogen-bond acceptors (Lipinski definition) is 10. The number of carbonyl (C=O) groups excluding carboxylic acids is 4. The van der Waals surface area contributed by atoms with Gasteiger partial charge in [-0.2, -0.15) is 0 Å². The van der Waals surface area contributed by atoms with Crippen molar-refractivity contribution in [2.24, 2.45) is 0 Å². The van der Waals surface area contributed by atoms with E-state index in [0.29, 0.717) is 0 Å². The van der Waals surface area contributed by atoms with E-state index >= 15 is 0 Å². The molecule has 1 aliphatic heterocycles. The van der Waals surface area contributed by atoms with Gasteiger partial charge in [-0.15, -0.1) is 0 Å². The lowest BCUT2D eigenvalue weighted by Gasteiger charge is -2.41. The normalized spacial score (nSPS) is 30.0. The second-order valence-corrected chi connectivity index (χ2v) is 4.69. The van der Waals surface area contributed by atoms with Crippen molar-refractivity contribution in [2.45, 2.75) is 51.5 Å². The van der Waals surface area contributed by atoms with Crippen LogP contribution in [0.1, 0.15) is 20.8 Å². The third-order valence-electron chi connectivity index (χ3n) is 2.85. The topological polar surface area (TPSA) is 135 Å². The van der Waals surface area contributed by atoms with E-state index < -0.39 is 54.6 Å².